The van der Waals surface area contributed by atoms with E-state index < -0.39 is 5.60 Å². The number of nitrogens with one attached hydrogen (secondary N) is 1. The maximum absolute atomic E-state index is 10.2. The van der Waals surface area contributed by atoms with Crippen molar-refractivity contribution < 1.29 is 5.11 Å². The summed E-state index contributed by atoms with van der Waals surface area (Å²) in [5, 5.41) is 15.6. The standard InChI is InChI=1S/C15H19BrN2O/c1-3-8-15(2,19)10-18-14-12-5-4-6-13(16)11(12)7-9-17-14/h4-7,9,19H,3,8,10H2,1-2H3,(H,17,18). The van der Waals surface area contributed by atoms with Crippen LogP contribution in [0, 0.1) is 0 Å². The molecule has 19 heavy (non-hydrogen) atoms. The molecule has 0 spiro atoms. The molecule has 1 aromatic heterocycles. The Kier molecular flexibility index (Phi) is 4.42. The number of halogens is 1. The van der Waals surface area contributed by atoms with Crippen LogP contribution in [0.25, 0.3) is 10.8 Å². The van der Waals surface area contributed by atoms with Gasteiger partial charge in [-0.3, -0.25) is 0 Å². The summed E-state index contributed by atoms with van der Waals surface area (Å²) >= 11 is 3.54. The van der Waals surface area contributed by atoms with E-state index in [1.165, 1.54) is 0 Å². The van der Waals surface area contributed by atoms with Gasteiger partial charge >= 0.3 is 0 Å². The highest BCUT2D eigenvalue weighted by Gasteiger charge is 2.19. The fraction of sp³-hybridized carbons (Fsp3) is 0.400. The first-order valence-electron chi connectivity index (χ1n) is 6.53. The molecule has 1 atom stereocenters. The number of aromatic nitrogens is 1. The second-order valence-corrected chi connectivity index (χ2v) is 5.95. The van der Waals surface area contributed by atoms with Gasteiger partial charge in [0.2, 0.25) is 0 Å². The quantitative estimate of drug-likeness (QED) is 0.875. The number of pyridine rings is 1. The third-order valence-electron chi connectivity index (χ3n) is 3.18. The van der Waals surface area contributed by atoms with Crippen molar-refractivity contribution in [3.05, 3.63) is 34.9 Å². The molecule has 2 rings (SSSR count). The van der Waals surface area contributed by atoms with E-state index in [4.69, 9.17) is 0 Å². The molecular weight excluding hydrogens is 304 g/mol. The second kappa shape index (κ2) is 5.88. The minimum Gasteiger partial charge on any atom is -0.388 e. The summed E-state index contributed by atoms with van der Waals surface area (Å²) in [7, 11) is 0. The van der Waals surface area contributed by atoms with Gasteiger partial charge in [0.05, 0.1) is 5.60 Å². The molecule has 2 N–H and O–H groups in total. The van der Waals surface area contributed by atoms with Crippen LogP contribution in [-0.2, 0) is 0 Å². The average molecular weight is 323 g/mol. The van der Waals surface area contributed by atoms with Crippen molar-refractivity contribution in [3.63, 3.8) is 0 Å². The van der Waals surface area contributed by atoms with Gasteiger partial charge in [0.15, 0.2) is 0 Å². The van der Waals surface area contributed by atoms with Crippen LogP contribution < -0.4 is 5.32 Å². The molecule has 0 saturated heterocycles. The van der Waals surface area contributed by atoms with Crippen molar-refractivity contribution in [1.29, 1.82) is 0 Å². The summed E-state index contributed by atoms with van der Waals surface area (Å²) < 4.78 is 1.05. The minimum absolute atomic E-state index is 0.499. The highest BCUT2D eigenvalue weighted by molar-refractivity contribution is 9.10. The van der Waals surface area contributed by atoms with Gasteiger partial charge in [-0.1, -0.05) is 41.4 Å². The van der Waals surface area contributed by atoms with Crippen LogP contribution in [0.5, 0.6) is 0 Å². The van der Waals surface area contributed by atoms with Crippen LogP contribution in [0.3, 0.4) is 0 Å². The van der Waals surface area contributed by atoms with Crippen molar-refractivity contribution in [3.8, 4) is 0 Å². The Labute approximate surface area is 122 Å². The Hall–Kier alpha value is -1.13. The number of anilines is 1. The summed E-state index contributed by atoms with van der Waals surface area (Å²) in [5.74, 6) is 0.815. The van der Waals surface area contributed by atoms with E-state index in [1.54, 1.807) is 6.20 Å². The topological polar surface area (TPSA) is 45.1 Å². The predicted molar refractivity (Wildman–Crippen MR) is 83.5 cm³/mol. The molecule has 0 saturated carbocycles. The molecule has 2 aromatic rings. The van der Waals surface area contributed by atoms with E-state index in [9.17, 15) is 5.11 Å². The second-order valence-electron chi connectivity index (χ2n) is 5.10. The lowest BCUT2D eigenvalue weighted by Crippen LogP contribution is -2.33. The Balaban J connectivity index is 2.24. The number of nitrogens with zero attached hydrogens (tertiary/aromatic N) is 1. The largest absolute Gasteiger partial charge is 0.388 e. The van der Waals surface area contributed by atoms with Gasteiger partial charge in [0.1, 0.15) is 5.82 Å². The molecule has 0 radical (unpaired) electrons. The fourth-order valence-corrected chi connectivity index (χ4v) is 2.71. The van der Waals surface area contributed by atoms with E-state index in [-0.39, 0.29) is 0 Å². The Morgan fingerprint density at radius 2 is 2.11 bits per heavy atom. The first-order valence-corrected chi connectivity index (χ1v) is 7.32. The highest BCUT2D eigenvalue weighted by atomic mass is 79.9. The van der Waals surface area contributed by atoms with E-state index in [2.05, 4.69) is 33.2 Å². The zero-order chi connectivity index (χ0) is 13.9. The maximum atomic E-state index is 10.2. The summed E-state index contributed by atoms with van der Waals surface area (Å²) in [4.78, 5) is 4.37. The molecule has 0 aliphatic rings. The van der Waals surface area contributed by atoms with Crippen LogP contribution in [0.4, 0.5) is 5.82 Å². The molecule has 0 aliphatic carbocycles. The van der Waals surface area contributed by atoms with E-state index in [0.717, 1.165) is 33.9 Å². The fourth-order valence-electron chi connectivity index (χ4n) is 2.21. The van der Waals surface area contributed by atoms with Gasteiger partial charge in [-0.15, -0.1) is 0 Å². The number of fused-ring (bicyclic) bond motifs is 1. The van der Waals surface area contributed by atoms with Gasteiger partial charge in [-0.25, -0.2) is 4.98 Å². The van der Waals surface area contributed by atoms with Gasteiger partial charge < -0.3 is 10.4 Å². The van der Waals surface area contributed by atoms with Crippen LogP contribution in [0.1, 0.15) is 26.7 Å². The van der Waals surface area contributed by atoms with Crippen molar-refractivity contribution >= 4 is 32.5 Å². The molecule has 4 heteroatoms. The third-order valence-corrected chi connectivity index (χ3v) is 3.87. The Morgan fingerprint density at radius 1 is 1.32 bits per heavy atom. The highest BCUT2D eigenvalue weighted by Crippen LogP contribution is 2.28. The smallest absolute Gasteiger partial charge is 0.133 e. The predicted octanol–water partition coefficient (Wildman–Crippen LogP) is 3.96. The molecule has 0 bridgehead atoms. The Morgan fingerprint density at radius 3 is 2.84 bits per heavy atom. The first kappa shape index (κ1) is 14.3. The lowest BCUT2D eigenvalue weighted by molar-refractivity contribution is 0.0636. The van der Waals surface area contributed by atoms with Crippen LogP contribution in [-0.4, -0.2) is 22.2 Å². The molecule has 0 amide bonds. The molecule has 3 nitrogen and oxygen atoms in total. The zero-order valence-corrected chi connectivity index (χ0v) is 12.9. The number of benzene rings is 1. The van der Waals surface area contributed by atoms with Crippen molar-refractivity contribution in [2.45, 2.75) is 32.3 Å². The lowest BCUT2D eigenvalue weighted by atomic mass is 10.0. The van der Waals surface area contributed by atoms with Crippen molar-refractivity contribution in [1.82, 2.24) is 4.98 Å². The van der Waals surface area contributed by atoms with Gasteiger partial charge in [-0.05, 0) is 25.5 Å². The monoisotopic (exact) mass is 322 g/mol. The number of rotatable bonds is 5. The number of aliphatic hydroxyl groups is 1. The third kappa shape index (κ3) is 3.45. The molecule has 102 valence electrons. The Bertz CT molecular complexity index is 569. The van der Waals surface area contributed by atoms with E-state index in [0.29, 0.717) is 6.54 Å². The van der Waals surface area contributed by atoms with Crippen molar-refractivity contribution in [2.75, 3.05) is 11.9 Å². The summed E-state index contributed by atoms with van der Waals surface area (Å²) in [6.07, 6.45) is 3.52. The van der Waals surface area contributed by atoms with Crippen LogP contribution >= 0.6 is 15.9 Å². The molecule has 0 aliphatic heterocycles. The zero-order valence-electron chi connectivity index (χ0n) is 11.3. The van der Waals surface area contributed by atoms with E-state index >= 15 is 0 Å². The number of hydrogen-bond donors (Lipinski definition) is 2. The van der Waals surface area contributed by atoms with Crippen LogP contribution in [0.15, 0.2) is 34.9 Å². The molecular formula is C15H19BrN2O. The summed E-state index contributed by atoms with van der Waals surface area (Å²) in [6, 6.07) is 8.02. The summed E-state index contributed by atoms with van der Waals surface area (Å²) in [6.45, 7) is 4.42. The SMILES string of the molecule is CCCC(C)(O)CNc1nccc2c(Br)cccc12. The lowest BCUT2D eigenvalue weighted by Gasteiger charge is -2.23. The summed E-state index contributed by atoms with van der Waals surface area (Å²) in [5.41, 5.74) is -0.704. The average Bonchev–Trinajstić information content (AvgIpc) is 2.37. The van der Waals surface area contributed by atoms with E-state index in [1.807, 2.05) is 31.2 Å². The molecule has 1 aromatic carbocycles. The normalized spacial score (nSPS) is 14.3. The molecule has 1 heterocycles. The number of hydrogen-bond acceptors (Lipinski definition) is 3. The minimum atomic E-state index is -0.704. The van der Waals surface area contributed by atoms with Crippen molar-refractivity contribution in [2.24, 2.45) is 0 Å². The van der Waals surface area contributed by atoms with Gasteiger partial charge in [0, 0.05) is 28.0 Å². The molecule has 1 unspecified atom stereocenters. The van der Waals surface area contributed by atoms with Gasteiger partial charge in [0.25, 0.3) is 0 Å². The first-order chi connectivity index (χ1) is 9.03. The maximum Gasteiger partial charge on any atom is 0.133 e. The van der Waals surface area contributed by atoms with Crippen LogP contribution in [0.2, 0.25) is 0 Å². The van der Waals surface area contributed by atoms with Gasteiger partial charge in [-0.2, -0.15) is 0 Å². The molecule has 0 fully saturated rings.